The Morgan fingerprint density at radius 1 is 1.31 bits per heavy atom. The third-order valence-electron chi connectivity index (χ3n) is 9.93. The Labute approximate surface area is 188 Å². The lowest BCUT2D eigenvalue weighted by molar-refractivity contribution is -0.174. The highest BCUT2D eigenvalue weighted by Gasteiger charge is 2.69. The third kappa shape index (κ3) is 2.91. The summed E-state index contributed by atoms with van der Waals surface area (Å²) >= 11 is 0. The first-order chi connectivity index (χ1) is 15.0. The molecule has 4 rings (SSSR count). The van der Waals surface area contributed by atoms with Crippen molar-refractivity contribution in [2.45, 2.75) is 70.8 Å². The summed E-state index contributed by atoms with van der Waals surface area (Å²) in [6.07, 6.45) is 6.78. The van der Waals surface area contributed by atoms with Crippen LogP contribution in [0.3, 0.4) is 0 Å². The number of aliphatic carboxylic acids is 1. The first-order valence-electron chi connectivity index (χ1n) is 11.6. The summed E-state index contributed by atoms with van der Waals surface area (Å²) in [5.41, 5.74) is -3.20. The molecule has 32 heavy (non-hydrogen) atoms. The maximum absolute atomic E-state index is 13.0. The van der Waals surface area contributed by atoms with Crippen molar-refractivity contribution in [3.8, 4) is 6.07 Å². The summed E-state index contributed by atoms with van der Waals surface area (Å²) < 4.78 is 5.18. The van der Waals surface area contributed by atoms with Gasteiger partial charge in [-0.15, -0.1) is 0 Å². The SMILES string of the molecule is COC(=O)[C@@H]1C[C@]2(C#N)CC(=O)CC[C@]2(C)[C@H]2C=C[C@@]3(C)[C@@H](CC[C@@]3(O)CCC(=O)O)[C@H]12. The molecule has 0 aromatic rings. The molecule has 0 unspecified atom stereocenters. The van der Waals surface area contributed by atoms with Crippen molar-refractivity contribution in [2.24, 2.45) is 39.9 Å². The smallest absolute Gasteiger partial charge is 0.309 e. The van der Waals surface area contributed by atoms with Gasteiger partial charge in [0.2, 0.25) is 0 Å². The van der Waals surface area contributed by atoms with E-state index in [1.165, 1.54) is 7.11 Å². The first-order valence-corrected chi connectivity index (χ1v) is 11.6. The molecule has 0 radical (unpaired) electrons. The molecule has 0 bridgehead atoms. The second-order valence-electron chi connectivity index (χ2n) is 11.0. The molecule has 3 fully saturated rings. The molecule has 7 nitrogen and oxygen atoms in total. The van der Waals surface area contributed by atoms with Crippen LogP contribution in [0.25, 0.3) is 0 Å². The van der Waals surface area contributed by atoms with Crippen LogP contribution in [0.4, 0.5) is 0 Å². The van der Waals surface area contributed by atoms with E-state index in [4.69, 9.17) is 4.74 Å². The monoisotopic (exact) mass is 443 g/mol. The number of ketones is 1. The predicted octanol–water partition coefficient (Wildman–Crippen LogP) is 3.26. The second kappa shape index (κ2) is 7.41. The summed E-state index contributed by atoms with van der Waals surface area (Å²) in [7, 11) is 1.35. The first kappa shape index (κ1) is 23.0. The fraction of sp³-hybridized carbons (Fsp3) is 0.760. The van der Waals surface area contributed by atoms with Gasteiger partial charge < -0.3 is 14.9 Å². The van der Waals surface area contributed by atoms with Crippen molar-refractivity contribution >= 4 is 17.7 Å². The quantitative estimate of drug-likeness (QED) is 0.505. The molecule has 4 aliphatic carbocycles. The van der Waals surface area contributed by atoms with E-state index in [2.05, 4.69) is 19.1 Å². The molecular weight excluding hydrogens is 410 g/mol. The maximum Gasteiger partial charge on any atom is 0.309 e. The Balaban J connectivity index is 1.82. The number of nitriles is 1. The van der Waals surface area contributed by atoms with Gasteiger partial charge in [0.25, 0.3) is 0 Å². The summed E-state index contributed by atoms with van der Waals surface area (Å²) in [6.45, 7) is 4.07. The molecule has 0 aromatic carbocycles. The summed E-state index contributed by atoms with van der Waals surface area (Å²) in [5, 5.41) is 31.1. The Bertz CT molecular complexity index is 922. The van der Waals surface area contributed by atoms with Gasteiger partial charge in [-0.2, -0.15) is 5.26 Å². The number of carbonyl (C=O) groups is 3. The number of hydrogen-bond acceptors (Lipinski definition) is 6. The van der Waals surface area contributed by atoms with Crippen molar-refractivity contribution in [1.82, 2.24) is 0 Å². The molecular formula is C25H33NO6. The van der Waals surface area contributed by atoms with E-state index >= 15 is 0 Å². The second-order valence-corrected chi connectivity index (χ2v) is 11.0. The van der Waals surface area contributed by atoms with Gasteiger partial charge >= 0.3 is 11.9 Å². The number of Topliss-reactive ketones (excluding diaryl/α,β-unsaturated/α-hetero) is 1. The highest BCUT2D eigenvalue weighted by molar-refractivity contribution is 5.82. The Kier molecular flexibility index (Phi) is 5.32. The number of carboxylic acids is 1. The molecule has 0 aromatic heterocycles. The summed E-state index contributed by atoms with van der Waals surface area (Å²) in [5.74, 6) is -2.03. The number of carboxylic acid groups (broad SMARTS) is 1. The van der Waals surface area contributed by atoms with Gasteiger partial charge in [0.1, 0.15) is 5.78 Å². The molecule has 0 spiro atoms. The Morgan fingerprint density at radius 3 is 2.66 bits per heavy atom. The van der Waals surface area contributed by atoms with Gasteiger partial charge in [0, 0.05) is 24.7 Å². The van der Waals surface area contributed by atoms with Crippen molar-refractivity contribution < 1.29 is 29.3 Å². The van der Waals surface area contributed by atoms with Crippen LogP contribution in [0, 0.1) is 51.2 Å². The van der Waals surface area contributed by atoms with E-state index in [0.717, 1.165) is 0 Å². The van der Waals surface area contributed by atoms with Crippen LogP contribution < -0.4 is 0 Å². The summed E-state index contributed by atoms with van der Waals surface area (Å²) in [4.78, 5) is 36.7. The van der Waals surface area contributed by atoms with E-state index < -0.39 is 33.7 Å². The van der Waals surface area contributed by atoms with Gasteiger partial charge in [-0.3, -0.25) is 14.4 Å². The summed E-state index contributed by atoms with van der Waals surface area (Å²) in [6, 6.07) is 2.47. The Hall–Kier alpha value is -2.20. The number of nitrogens with zero attached hydrogens (tertiary/aromatic N) is 1. The molecule has 0 aliphatic heterocycles. The van der Waals surface area contributed by atoms with Crippen molar-refractivity contribution in [1.29, 1.82) is 5.26 Å². The normalized spacial score (nSPS) is 47.0. The van der Waals surface area contributed by atoms with Crippen LogP contribution in [-0.2, 0) is 19.1 Å². The number of carbonyl (C=O) groups excluding carboxylic acids is 2. The highest BCUT2D eigenvalue weighted by atomic mass is 16.5. The molecule has 0 saturated heterocycles. The Morgan fingerprint density at radius 2 is 2.03 bits per heavy atom. The number of fused-ring (bicyclic) bond motifs is 5. The number of allylic oxidation sites excluding steroid dienone is 1. The molecule has 3 saturated carbocycles. The van der Waals surface area contributed by atoms with E-state index in [-0.39, 0.29) is 55.2 Å². The molecule has 2 N–H and O–H groups in total. The minimum Gasteiger partial charge on any atom is -0.481 e. The maximum atomic E-state index is 13.0. The lowest BCUT2D eigenvalue weighted by atomic mass is 9.39. The lowest BCUT2D eigenvalue weighted by Gasteiger charge is -2.62. The van der Waals surface area contributed by atoms with Crippen LogP contribution in [0.5, 0.6) is 0 Å². The number of methoxy groups -OCH3 is 1. The largest absolute Gasteiger partial charge is 0.481 e. The zero-order chi connectivity index (χ0) is 23.5. The molecule has 4 aliphatic rings. The van der Waals surface area contributed by atoms with Crippen LogP contribution in [-0.4, -0.2) is 40.6 Å². The average Bonchev–Trinajstić information content (AvgIpc) is 3.03. The zero-order valence-corrected chi connectivity index (χ0v) is 19.1. The van der Waals surface area contributed by atoms with E-state index in [9.17, 15) is 29.9 Å². The van der Waals surface area contributed by atoms with Gasteiger partial charge in [-0.05, 0) is 55.3 Å². The van der Waals surface area contributed by atoms with E-state index in [1.54, 1.807) is 0 Å². The lowest BCUT2D eigenvalue weighted by Crippen LogP contribution is -2.62. The minimum atomic E-state index is -1.16. The van der Waals surface area contributed by atoms with Crippen molar-refractivity contribution in [3.05, 3.63) is 12.2 Å². The number of hydrogen-bond donors (Lipinski definition) is 2. The number of aliphatic hydroxyl groups is 1. The minimum absolute atomic E-state index is 0.0356. The van der Waals surface area contributed by atoms with Crippen LogP contribution in [0.15, 0.2) is 12.2 Å². The van der Waals surface area contributed by atoms with Gasteiger partial charge in [-0.25, -0.2) is 0 Å². The number of esters is 1. The number of ether oxygens (including phenoxy) is 1. The van der Waals surface area contributed by atoms with Gasteiger partial charge in [0.15, 0.2) is 0 Å². The zero-order valence-electron chi connectivity index (χ0n) is 19.1. The van der Waals surface area contributed by atoms with E-state index in [0.29, 0.717) is 25.7 Å². The molecule has 8 atom stereocenters. The molecule has 174 valence electrons. The van der Waals surface area contributed by atoms with Gasteiger partial charge in [0.05, 0.1) is 30.1 Å². The van der Waals surface area contributed by atoms with Crippen molar-refractivity contribution in [3.63, 3.8) is 0 Å². The van der Waals surface area contributed by atoms with E-state index in [1.807, 2.05) is 13.0 Å². The molecule has 0 heterocycles. The predicted molar refractivity (Wildman–Crippen MR) is 114 cm³/mol. The molecule has 0 amide bonds. The topological polar surface area (TPSA) is 125 Å². The highest BCUT2D eigenvalue weighted by Crippen LogP contribution is 2.70. The molecule has 7 heteroatoms. The average molecular weight is 444 g/mol. The van der Waals surface area contributed by atoms with Gasteiger partial charge in [-0.1, -0.05) is 26.0 Å². The van der Waals surface area contributed by atoms with Crippen LogP contribution in [0.2, 0.25) is 0 Å². The fourth-order valence-corrected chi connectivity index (χ4v) is 7.91. The van der Waals surface area contributed by atoms with Crippen LogP contribution >= 0.6 is 0 Å². The third-order valence-corrected chi connectivity index (χ3v) is 9.93. The number of rotatable bonds is 4. The fourth-order valence-electron chi connectivity index (χ4n) is 7.91. The van der Waals surface area contributed by atoms with Crippen LogP contribution in [0.1, 0.15) is 65.2 Å². The van der Waals surface area contributed by atoms with Crippen molar-refractivity contribution in [2.75, 3.05) is 7.11 Å². The standard InChI is InChI=1S/C25H33NO6/c1-22-8-4-15(27)12-24(22,14-26)13-16(21(30)32-3)20-17(22)5-9-23(2)18(20)6-10-25(23,31)11-7-19(28)29/h5,9,16-18,20,31H,4,6-8,10-13H2,1-3H3,(H,28,29)/t16-,17+,18+,20-,22-,23+,24+,25-/m1/s1.